The summed E-state index contributed by atoms with van der Waals surface area (Å²) >= 11 is 0. The Morgan fingerprint density at radius 1 is 0.528 bits per heavy atom. The van der Waals surface area contributed by atoms with E-state index in [1.165, 1.54) is 109 Å². The summed E-state index contributed by atoms with van der Waals surface area (Å²) in [7, 11) is -4.35. The number of carbonyl (C=O) groups excluding carboxylic acids is 1. The number of rotatable bonds is 39. The van der Waals surface area contributed by atoms with Crippen LogP contribution >= 0.6 is 0 Å². The van der Waals surface area contributed by atoms with Gasteiger partial charge in [0.15, 0.2) is 0 Å². The molecule has 2 unspecified atom stereocenters. The van der Waals surface area contributed by atoms with Crippen LogP contribution in [0.1, 0.15) is 206 Å². The zero-order chi connectivity index (χ0) is 38.9. The number of unbranched alkanes of at least 4 members (excludes halogenated alkanes) is 23. The Balaban J connectivity index is 3.88. The summed E-state index contributed by atoms with van der Waals surface area (Å²) in [6.45, 7) is 4.41. The minimum atomic E-state index is -4.35. The Morgan fingerprint density at radius 2 is 0.906 bits per heavy atom. The fourth-order valence-corrected chi connectivity index (χ4v) is 7.18. The van der Waals surface area contributed by atoms with Gasteiger partial charge in [-0.15, -0.1) is 0 Å². The monoisotopic (exact) mass is 762 g/mol. The van der Waals surface area contributed by atoms with Crippen LogP contribution in [0.5, 0.6) is 0 Å². The van der Waals surface area contributed by atoms with E-state index in [1.807, 2.05) is 6.08 Å². The molecule has 2 atom stereocenters. The van der Waals surface area contributed by atoms with Crippen LogP contribution < -0.4 is 5.32 Å². The molecule has 0 aromatic carbocycles. The van der Waals surface area contributed by atoms with Crippen LogP contribution in [0.2, 0.25) is 0 Å². The molecule has 1 amide bonds. The standard InChI is InChI=1S/C46H83NO5S/c1-3-5-7-9-11-13-15-17-19-20-21-22-23-24-25-26-28-30-32-34-36-38-40-42-46(49)47-44(43-53(50,51)52)45(48)41-39-37-35-33-31-29-27-18-16-14-12-10-8-6-4-2/h5,7,11,13,17,19,21-22,39,41,44-45,48H,3-4,6,8-10,12,14-16,18,20,23-38,40,42-43H2,1-2H3,(H,47,49)(H,50,51,52)/b7-5-,13-11-,19-17-,22-21-,41-39+. The van der Waals surface area contributed by atoms with Crippen LogP contribution in [-0.4, -0.2) is 41.9 Å². The van der Waals surface area contributed by atoms with E-state index < -0.39 is 28.0 Å². The van der Waals surface area contributed by atoms with Crippen LogP contribution in [0.4, 0.5) is 0 Å². The molecule has 0 heterocycles. The third-order valence-electron chi connectivity index (χ3n) is 9.70. The Morgan fingerprint density at radius 3 is 1.34 bits per heavy atom. The number of aliphatic hydroxyl groups excluding tert-OH is 1. The van der Waals surface area contributed by atoms with Crippen molar-refractivity contribution in [2.24, 2.45) is 0 Å². The highest BCUT2D eigenvalue weighted by Gasteiger charge is 2.24. The predicted octanol–water partition coefficient (Wildman–Crippen LogP) is 13.2. The van der Waals surface area contributed by atoms with E-state index in [0.29, 0.717) is 0 Å². The Labute approximate surface area is 328 Å². The highest BCUT2D eigenvalue weighted by atomic mass is 32.2. The van der Waals surface area contributed by atoms with Gasteiger partial charge >= 0.3 is 0 Å². The van der Waals surface area contributed by atoms with Gasteiger partial charge in [-0.2, -0.15) is 8.42 Å². The maximum atomic E-state index is 12.5. The first-order valence-corrected chi connectivity index (χ1v) is 23.6. The van der Waals surface area contributed by atoms with Gasteiger partial charge in [0, 0.05) is 6.42 Å². The van der Waals surface area contributed by atoms with Crippen molar-refractivity contribution >= 4 is 16.0 Å². The largest absolute Gasteiger partial charge is 0.387 e. The van der Waals surface area contributed by atoms with Crippen LogP contribution in [-0.2, 0) is 14.9 Å². The molecule has 53 heavy (non-hydrogen) atoms. The second-order valence-corrected chi connectivity index (χ2v) is 16.4. The summed E-state index contributed by atoms with van der Waals surface area (Å²) in [5, 5.41) is 13.2. The fourth-order valence-electron chi connectivity index (χ4n) is 6.44. The topological polar surface area (TPSA) is 104 Å². The lowest BCUT2D eigenvalue weighted by Gasteiger charge is -2.21. The van der Waals surface area contributed by atoms with Gasteiger partial charge in [0.25, 0.3) is 10.1 Å². The molecular formula is C46H83NO5S. The molecule has 0 saturated carbocycles. The molecular weight excluding hydrogens is 679 g/mol. The van der Waals surface area contributed by atoms with E-state index in [2.05, 4.69) is 67.8 Å². The highest BCUT2D eigenvalue weighted by Crippen LogP contribution is 2.15. The van der Waals surface area contributed by atoms with Crippen molar-refractivity contribution in [3.63, 3.8) is 0 Å². The molecule has 3 N–H and O–H groups in total. The van der Waals surface area contributed by atoms with Crippen molar-refractivity contribution in [2.45, 2.75) is 219 Å². The van der Waals surface area contributed by atoms with Gasteiger partial charge in [0.2, 0.25) is 5.91 Å². The first-order valence-electron chi connectivity index (χ1n) is 22.0. The molecule has 308 valence electrons. The second-order valence-electron chi connectivity index (χ2n) is 14.9. The molecule has 6 nitrogen and oxygen atoms in total. The summed E-state index contributed by atoms with van der Waals surface area (Å²) in [5.74, 6) is -0.985. The predicted molar refractivity (Wildman–Crippen MR) is 230 cm³/mol. The van der Waals surface area contributed by atoms with E-state index in [9.17, 15) is 22.9 Å². The number of aliphatic hydroxyl groups is 1. The Bertz CT molecular complexity index is 1060. The lowest BCUT2D eigenvalue weighted by Crippen LogP contribution is -2.46. The summed E-state index contributed by atoms with van der Waals surface area (Å²) in [5.41, 5.74) is 0. The average molecular weight is 762 g/mol. The SMILES string of the molecule is CC/C=C\C/C=C\C/C=C\C/C=C\CCCCCCCCCCCCC(=O)NC(CS(=O)(=O)O)C(O)/C=C/CCCCCCCCCCCCCCC. The molecule has 0 fully saturated rings. The van der Waals surface area contributed by atoms with Gasteiger partial charge in [0.05, 0.1) is 17.9 Å². The lowest BCUT2D eigenvalue weighted by atomic mass is 10.0. The minimum Gasteiger partial charge on any atom is -0.387 e. The number of nitrogens with one attached hydrogen (secondary N) is 1. The number of carbonyl (C=O) groups is 1. The van der Waals surface area contributed by atoms with Crippen molar-refractivity contribution in [1.29, 1.82) is 0 Å². The molecule has 0 bridgehead atoms. The van der Waals surface area contributed by atoms with E-state index in [-0.39, 0.29) is 12.3 Å². The molecule has 0 rings (SSSR count). The highest BCUT2D eigenvalue weighted by molar-refractivity contribution is 7.85. The second kappa shape index (κ2) is 39.7. The molecule has 0 aromatic rings. The number of hydrogen-bond acceptors (Lipinski definition) is 4. The normalized spacial score (nSPS) is 13.8. The number of hydrogen-bond donors (Lipinski definition) is 3. The molecule has 0 radical (unpaired) electrons. The average Bonchev–Trinajstić information content (AvgIpc) is 3.12. The number of allylic oxidation sites excluding steroid dienone is 9. The fraction of sp³-hybridized carbons (Fsp3) is 0.761. The third kappa shape index (κ3) is 41.1. The third-order valence-corrected chi connectivity index (χ3v) is 10.5. The summed E-state index contributed by atoms with van der Waals surface area (Å²) < 4.78 is 32.5. The minimum absolute atomic E-state index is 0.284. The summed E-state index contributed by atoms with van der Waals surface area (Å²) in [4.78, 5) is 12.5. The first-order chi connectivity index (χ1) is 25.8. The van der Waals surface area contributed by atoms with Gasteiger partial charge < -0.3 is 10.4 Å². The maximum absolute atomic E-state index is 12.5. The molecule has 0 saturated heterocycles. The Hall–Kier alpha value is -1.96. The Kier molecular flexibility index (Phi) is 38.3. The van der Waals surface area contributed by atoms with E-state index in [1.54, 1.807) is 6.08 Å². The van der Waals surface area contributed by atoms with Crippen molar-refractivity contribution in [3.05, 3.63) is 60.8 Å². The summed E-state index contributed by atoms with van der Waals surface area (Å²) in [6, 6.07) is -1.06. The number of amides is 1. The zero-order valence-electron chi connectivity index (χ0n) is 34.4. The molecule has 0 aliphatic carbocycles. The van der Waals surface area contributed by atoms with Crippen LogP contribution in [0, 0.1) is 0 Å². The molecule has 7 heteroatoms. The van der Waals surface area contributed by atoms with Crippen molar-refractivity contribution in [1.82, 2.24) is 5.32 Å². The van der Waals surface area contributed by atoms with Gasteiger partial charge in [-0.25, -0.2) is 0 Å². The zero-order valence-corrected chi connectivity index (χ0v) is 35.2. The van der Waals surface area contributed by atoms with E-state index in [0.717, 1.165) is 77.0 Å². The molecule has 0 aliphatic rings. The van der Waals surface area contributed by atoms with Gasteiger partial charge in [-0.1, -0.05) is 203 Å². The van der Waals surface area contributed by atoms with E-state index in [4.69, 9.17) is 0 Å². The van der Waals surface area contributed by atoms with Crippen molar-refractivity contribution in [3.8, 4) is 0 Å². The van der Waals surface area contributed by atoms with Crippen LogP contribution in [0.15, 0.2) is 60.8 Å². The van der Waals surface area contributed by atoms with Crippen LogP contribution in [0.25, 0.3) is 0 Å². The van der Waals surface area contributed by atoms with E-state index >= 15 is 0 Å². The smallest absolute Gasteiger partial charge is 0.267 e. The van der Waals surface area contributed by atoms with Crippen molar-refractivity contribution < 1.29 is 22.9 Å². The molecule has 0 spiro atoms. The van der Waals surface area contributed by atoms with Crippen molar-refractivity contribution in [2.75, 3.05) is 5.75 Å². The molecule has 0 aromatic heterocycles. The quantitative estimate of drug-likeness (QED) is 0.0329. The summed E-state index contributed by atoms with van der Waals surface area (Å²) in [6.07, 6.45) is 54.9. The first kappa shape index (κ1) is 51.0. The maximum Gasteiger partial charge on any atom is 0.267 e. The lowest BCUT2D eigenvalue weighted by molar-refractivity contribution is -0.122. The molecule has 0 aliphatic heterocycles. The van der Waals surface area contributed by atoms with Gasteiger partial charge in [0.1, 0.15) is 0 Å². The van der Waals surface area contributed by atoms with Gasteiger partial charge in [-0.05, 0) is 57.8 Å². The van der Waals surface area contributed by atoms with Gasteiger partial charge in [-0.3, -0.25) is 9.35 Å². The van der Waals surface area contributed by atoms with Crippen LogP contribution in [0.3, 0.4) is 0 Å².